The van der Waals surface area contributed by atoms with Gasteiger partial charge in [0, 0.05) is 40.6 Å². The predicted octanol–water partition coefficient (Wildman–Crippen LogP) is 8.87. The summed E-state index contributed by atoms with van der Waals surface area (Å²) in [5, 5.41) is 0. The first-order chi connectivity index (χ1) is 16.2. The third kappa shape index (κ3) is 24.7. The van der Waals surface area contributed by atoms with E-state index in [4.69, 9.17) is 18.0 Å². The highest BCUT2D eigenvalue weighted by molar-refractivity contribution is 6.59. The van der Waals surface area contributed by atoms with E-state index in [1.807, 2.05) is 6.55 Å². The van der Waals surface area contributed by atoms with Crippen LogP contribution in [-0.2, 0) is 18.0 Å². The minimum Gasteiger partial charge on any atom is -0.381 e. The zero-order valence-electron chi connectivity index (χ0n) is 22.8. The maximum Gasteiger partial charge on any atom is 0.497 e. The quantitative estimate of drug-likeness (QED) is 0.0660. The van der Waals surface area contributed by atoms with Gasteiger partial charge >= 0.3 is 8.80 Å². The molecule has 0 rings (SSSR count). The van der Waals surface area contributed by atoms with Crippen molar-refractivity contribution in [3.63, 3.8) is 0 Å². The van der Waals surface area contributed by atoms with E-state index >= 15 is 0 Å². The SMILES string of the molecule is CCCCCCCC/C=C\CCCCCCCCOCCCCCCCO[Si](C)(OC)OC. The Balaban J connectivity index is 3.15. The van der Waals surface area contributed by atoms with E-state index in [1.165, 1.54) is 116 Å². The van der Waals surface area contributed by atoms with Gasteiger partial charge in [-0.1, -0.05) is 96.1 Å². The fourth-order valence-electron chi connectivity index (χ4n) is 3.85. The van der Waals surface area contributed by atoms with Crippen molar-refractivity contribution >= 4 is 8.80 Å². The molecule has 0 radical (unpaired) electrons. The molecule has 0 aromatic rings. The molecule has 0 aliphatic carbocycles. The summed E-state index contributed by atoms with van der Waals surface area (Å²) in [6.45, 7) is 6.80. The van der Waals surface area contributed by atoms with Gasteiger partial charge in [0.05, 0.1) is 0 Å². The first-order valence-electron chi connectivity index (χ1n) is 14.2. The minimum absolute atomic E-state index is 0.733. The highest BCUT2D eigenvalue weighted by Crippen LogP contribution is 2.11. The minimum atomic E-state index is -2.34. The van der Waals surface area contributed by atoms with E-state index in [0.29, 0.717) is 0 Å². The molecule has 0 aliphatic heterocycles. The Morgan fingerprint density at radius 2 is 0.909 bits per heavy atom. The van der Waals surface area contributed by atoms with Gasteiger partial charge in [-0.2, -0.15) is 0 Å². The first-order valence-corrected chi connectivity index (χ1v) is 16.4. The normalized spacial score (nSPS) is 12.2. The topological polar surface area (TPSA) is 36.9 Å². The molecule has 0 bridgehead atoms. The van der Waals surface area contributed by atoms with Gasteiger partial charge in [-0.05, 0) is 44.9 Å². The van der Waals surface area contributed by atoms with E-state index in [1.54, 1.807) is 14.2 Å². The molecule has 4 nitrogen and oxygen atoms in total. The molecule has 0 aromatic heterocycles. The molecule has 0 aliphatic rings. The van der Waals surface area contributed by atoms with Crippen LogP contribution in [-0.4, -0.2) is 42.8 Å². The van der Waals surface area contributed by atoms with Gasteiger partial charge in [-0.3, -0.25) is 0 Å². The van der Waals surface area contributed by atoms with Gasteiger partial charge in [0.25, 0.3) is 0 Å². The van der Waals surface area contributed by atoms with E-state index in [9.17, 15) is 0 Å². The fourth-order valence-corrected chi connectivity index (χ4v) is 4.77. The fraction of sp³-hybridized carbons (Fsp3) is 0.929. The zero-order chi connectivity index (χ0) is 24.3. The largest absolute Gasteiger partial charge is 0.497 e. The standard InChI is InChI=1S/C28H58O4Si/c1-5-6-7-8-9-10-11-12-13-14-15-16-17-18-20-23-26-31-27-24-21-19-22-25-28-32-33(4,29-2)30-3/h12-13H,5-11,14-28H2,1-4H3/b13-12-. The van der Waals surface area contributed by atoms with Gasteiger partial charge in [0.2, 0.25) is 0 Å². The number of rotatable bonds is 27. The van der Waals surface area contributed by atoms with Gasteiger partial charge in [0.15, 0.2) is 0 Å². The van der Waals surface area contributed by atoms with Crippen LogP contribution >= 0.6 is 0 Å². The summed E-state index contributed by atoms with van der Waals surface area (Å²) in [7, 11) is 0.981. The van der Waals surface area contributed by atoms with Crippen molar-refractivity contribution in [2.75, 3.05) is 34.0 Å². The lowest BCUT2D eigenvalue weighted by atomic mass is 10.1. The third-order valence-corrected chi connectivity index (χ3v) is 8.55. The Kier molecular flexibility index (Phi) is 26.2. The lowest BCUT2D eigenvalue weighted by molar-refractivity contribution is 0.103. The van der Waals surface area contributed by atoms with E-state index in [0.717, 1.165) is 26.2 Å². The molecule has 0 aromatic carbocycles. The molecule has 0 amide bonds. The molecule has 0 fully saturated rings. The molecule has 5 heteroatoms. The van der Waals surface area contributed by atoms with Crippen LogP contribution in [0.15, 0.2) is 12.2 Å². The number of ether oxygens (including phenoxy) is 1. The molecule has 0 saturated carbocycles. The zero-order valence-corrected chi connectivity index (χ0v) is 23.8. The van der Waals surface area contributed by atoms with Gasteiger partial charge in [-0.15, -0.1) is 0 Å². The Labute approximate surface area is 208 Å². The molecule has 0 saturated heterocycles. The molecule has 0 atom stereocenters. The highest BCUT2D eigenvalue weighted by atomic mass is 28.4. The summed E-state index contributed by atoms with van der Waals surface area (Å²) in [4.78, 5) is 0. The van der Waals surface area contributed by atoms with E-state index < -0.39 is 8.80 Å². The van der Waals surface area contributed by atoms with Crippen LogP contribution in [0.2, 0.25) is 6.55 Å². The second kappa shape index (κ2) is 26.4. The van der Waals surface area contributed by atoms with Crippen LogP contribution in [0.4, 0.5) is 0 Å². The summed E-state index contributed by atoms with van der Waals surface area (Å²) in [6.07, 6.45) is 29.7. The van der Waals surface area contributed by atoms with Crippen molar-refractivity contribution in [3.05, 3.63) is 12.2 Å². The van der Waals surface area contributed by atoms with Crippen molar-refractivity contribution in [2.45, 2.75) is 135 Å². The van der Waals surface area contributed by atoms with Crippen molar-refractivity contribution in [1.29, 1.82) is 0 Å². The average Bonchev–Trinajstić information content (AvgIpc) is 2.83. The van der Waals surface area contributed by atoms with Crippen molar-refractivity contribution in [2.24, 2.45) is 0 Å². The van der Waals surface area contributed by atoms with Crippen LogP contribution in [0.5, 0.6) is 0 Å². The van der Waals surface area contributed by atoms with Crippen LogP contribution < -0.4 is 0 Å². The Bertz CT molecular complexity index is 399. The summed E-state index contributed by atoms with van der Waals surface area (Å²) in [5.74, 6) is 0. The number of hydrogen-bond donors (Lipinski definition) is 0. The molecular weight excluding hydrogens is 428 g/mol. The summed E-state index contributed by atoms with van der Waals surface area (Å²) >= 11 is 0. The smallest absolute Gasteiger partial charge is 0.381 e. The van der Waals surface area contributed by atoms with Crippen LogP contribution in [0.1, 0.15) is 129 Å². The lowest BCUT2D eigenvalue weighted by Crippen LogP contribution is -2.40. The van der Waals surface area contributed by atoms with Crippen molar-refractivity contribution in [1.82, 2.24) is 0 Å². The second-order valence-corrected chi connectivity index (χ2v) is 12.3. The maximum absolute atomic E-state index is 5.79. The van der Waals surface area contributed by atoms with Crippen molar-refractivity contribution < 1.29 is 18.0 Å². The molecule has 0 unspecified atom stereocenters. The van der Waals surface area contributed by atoms with Crippen LogP contribution in [0, 0.1) is 0 Å². The lowest BCUT2D eigenvalue weighted by Gasteiger charge is -2.21. The number of hydrogen-bond acceptors (Lipinski definition) is 4. The molecule has 0 spiro atoms. The Morgan fingerprint density at radius 1 is 0.515 bits per heavy atom. The molecule has 0 N–H and O–H groups in total. The Morgan fingerprint density at radius 3 is 1.36 bits per heavy atom. The molecule has 198 valence electrons. The van der Waals surface area contributed by atoms with Crippen LogP contribution in [0.25, 0.3) is 0 Å². The molecule has 0 heterocycles. The number of allylic oxidation sites excluding steroid dienone is 2. The first kappa shape index (κ1) is 32.8. The monoisotopic (exact) mass is 486 g/mol. The molecule has 33 heavy (non-hydrogen) atoms. The number of unbranched alkanes of at least 4 members (excludes halogenated alkanes) is 16. The average molecular weight is 487 g/mol. The van der Waals surface area contributed by atoms with Gasteiger partial charge in [-0.25, -0.2) is 0 Å². The van der Waals surface area contributed by atoms with E-state index in [-0.39, 0.29) is 0 Å². The highest BCUT2D eigenvalue weighted by Gasteiger charge is 2.31. The molecular formula is C28H58O4Si. The summed E-state index contributed by atoms with van der Waals surface area (Å²) in [5.41, 5.74) is 0. The van der Waals surface area contributed by atoms with Gasteiger partial charge < -0.3 is 18.0 Å². The van der Waals surface area contributed by atoms with E-state index in [2.05, 4.69) is 19.1 Å². The predicted molar refractivity (Wildman–Crippen MR) is 145 cm³/mol. The maximum atomic E-state index is 5.79. The van der Waals surface area contributed by atoms with Crippen molar-refractivity contribution in [3.8, 4) is 0 Å². The Hall–Kier alpha value is -0.203. The van der Waals surface area contributed by atoms with Crippen LogP contribution in [0.3, 0.4) is 0 Å². The summed E-state index contributed by atoms with van der Waals surface area (Å²) in [6, 6.07) is 0. The van der Waals surface area contributed by atoms with Gasteiger partial charge in [0.1, 0.15) is 0 Å². The summed E-state index contributed by atoms with van der Waals surface area (Å²) < 4.78 is 22.2. The third-order valence-electron chi connectivity index (χ3n) is 6.34. The second-order valence-electron chi connectivity index (χ2n) is 9.44.